The van der Waals surface area contributed by atoms with E-state index in [4.69, 9.17) is 18.9 Å². The number of rotatable bonds is 24. The summed E-state index contributed by atoms with van der Waals surface area (Å²) in [5.41, 5.74) is 0.856. The molecule has 8 nitrogen and oxygen atoms in total. The zero-order valence-electron chi connectivity index (χ0n) is 27.2. The third kappa shape index (κ3) is 18.3. The van der Waals surface area contributed by atoms with E-state index in [0.717, 1.165) is 23.6 Å². The summed E-state index contributed by atoms with van der Waals surface area (Å²) in [6.07, 6.45) is 22.0. The van der Waals surface area contributed by atoms with Gasteiger partial charge in [0.15, 0.2) is 12.5 Å². The van der Waals surface area contributed by atoms with Crippen molar-refractivity contribution in [1.29, 1.82) is 0 Å². The summed E-state index contributed by atoms with van der Waals surface area (Å²) in [4.78, 5) is 25.9. The fourth-order valence-electron chi connectivity index (χ4n) is 5.29. The highest BCUT2D eigenvalue weighted by atomic mass is 127. The molecule has 0 radical (unpaired) electrons. The molecule has 0 bridgehead atoms. The van der Waals surface area contributed by atoms with Gasteiger partial charge < -0.3 is 42.9 Å². The minimum atomic E-state index is -0.680. The third-order valence-corrected chi connectivity index (χ3v) is 7.90. The van der Waals surface area contributed by atoms with Gasteiger partial charge in [0.1, 0.15) is 25.8 Å². The Labute approximate surface area is 278 Å². The number of amides is 2. The van der Waals surface area contributed by atoms with E-state index < -0.39 is 12.4 Å². The maximum atomic E-state index is 12.6. The van der Waals surface area contributed by atoms with Gasteiger partial charge in [0, 0.05) is 25.7 Å². The minimum absolute atomic E-state index is 0. The largest absolute Gasteiger partial charge is 1.00 e. The van der Waals surface area contributed by atoms with Gasteiger partial charge in [-0.1, -0.05) is 109 Å². The molecule has 0 aromatic carbocycles. The smallest absolute Gasteiger partial charge is 0.417 e. The maximum Gasteiger partial charge on any atom is 0.417 e. The molecule has 1 aliphatic rings. The number of hydrogen-bond donors (Lipinski definition) is 0. The first kappa shape index (κ1) is 39.7. The lowest BCUT2D eigenvalue weighted by molar-refractivity contribution is -0.701. The second-order valence-corrected chi connectivity index (χ2v) is 11.6. The first-order valence-corrected chi connectivity index (χ1v) is 16.8. The number of pyridine rings is 1. The molecule has 0 aliphatic carbocycles. The predicted molar refractivity (Wildman–Crippen MR) is 165 cm³/mol. The Balaban J connectivity index is 0.00000924. The van der Waals surface area contributed by atoms with Gasteiger partial charge >= 0.3 is 6.09 Å². The Hall–Kier alpha value is -1.30. The van der Waals surface area contributed by atoms with Crippen LogP contribution in [0.25, 0.3) is 0 Å². The topological polar surface area (TPSA) is 78.2 Å². The zero-order chi connectivity index (χ0) is 30.3. The third-order valence-electron chi connectivity index (χ3n) is 7.90. The van der Waals surface area contributed by atoms with E-state index in [9.17, 15) is 9.59 Å². The number of aromatic nitrogens is 1. The van der Waals surface area contributed by atoms with Crippen LogP contribution < -0.4 is 28.5 Å². The molecule has 1 fully saturated rings. The summed E-state index contributed by atoms with van der Waals surface area (Å²) in [5, 5.41) is 0. The first-order chi connectivity index (χ1) is 20.5. The molecule has 43 heavy (non-hydrogen) atoms. The van der Waals surface area contributed by atoms with Gasteiger partial charge in [0.25, 0.3) is 0 Å². The second-order valence-electron chi connectivity index (χ2n) is 11.6. The maximum absolute atomic E-state index is 12.6. The molecule has 9 heteroatoms. The molecule has 2 rings (SSSR count). The second kappa shape index (κ2) is 26.0. The molecule has 1 aromatic heterocycles. The van der Waals surface area contributed by atoms with Crippen molar-refractivity contribution in [2.75, 3.05) is 26.4 Å². The Kier molecular flexibility index (Phi) is 24.0. The van der Waals surface area contributed by atoms with E-state index in [0.29, 0.717) is 19.8 Å². The number of ether oxygens (including phenoxy) is 4. The van der Waals surface area contributed by atoms with Crippen molar-refractivity contribution in [3.63, 3.8) is 0 Å². The lowest BCUT2D eigenvalue weighted by atomic mass is 10.0. The highest BCUT2D eigenvalue weighted by Gasteiger charge is 2.29. The molecule has 2 heterocycles. The number of aryl methyl sites for hydroxylation is 1. The van der Waals surface area contributed by atoms with Crippen LogP contribution in [0.1, 0.15) is 129 Å². The van der Waals surface area contributed by atoms with Gasteiger partial charge in [-0.25, -0.2) is 14.3 Å². The molecule has 1 aromatic rings. The molecular weight excluding hydrogens is 659 g/mol. The monoisotopic (exact) mass is 718 g/mol. The van der Waals surface area contributed by atoms with Crippen molar-refractivity contribution in [1.82, 2.24) is 4.90 Å². The Morgan fingerprint density at radius 1 is 0.860 bits per heavy atom. The van der Waals surface area contributed by atoms with E-state index in [-0.39, 0.29) is 49.1 Å². The molecular formula is C34H59IN2O6. The van der Waals surface area contributed by atoms with Crippen molar-refractivity contribution >= 4 is 12.0 Å². The number of carbonyl (C=O) groups excluding carboxylic acids is 2. The van der Waals surface area contributed by atoms with Crippen molar-refractivity contribution < 1.29 is 57.1 Å². The van der Waals surface area contributed by atoms with Crippen molar-refractivity contribution in [3.8, 4) is 0 Å². The van der Waals surface area contributed by atoms with E-state index in [2.05, 4.69) is 6.92 Å². The Morgan fingerprint density at radius 3 is 2.00 bits per heavy atom. The average molecular weight is 719 g/mol. The molecule has 248 valence electrons. The zero-order valence-corrected chi connectivity index (χ0v) is 29.4. The fourth-order valence-corrected chi connectivity index (χ4v) is 5.29. The molecule has 1 saturated heterocycles. The van der Waals surface area contributed by atoms with E-state index in [1.165, 1.54) is 103 Å². The lowest BCUT2D eigenvalue weighted by Gasteiger charge is -2.19. The van der Waals surface area contributed by atoms with Gasteiger partial charge in [0.2, 0.25) is 11.6 Å². The number of halogens is 1. The summed E-state index contributed by atoms with van der Waals surface area (Å²) in [7, 11) is 0. The van der Waals surface area contributed by atoms with E-state index in [1.54, 1.807) is 0 Å². The molecule has 2 unspecified atom stereocenters. The normalized spacial score (nSPS) is 16.2. The van der Waals surface area contributed by atoms with Crippen LogP contribution in [0.4, 0.5) is 4.79 Å². The van der Waals surface area contributed by atoms with Crippen molar-refractivity contribution in [2.24, 2.45) is 0 Å². The Bertz CT molecular complexity index is 858. The van der Waals surface area contributed by atoms with Crippen LogP contribution in [-0.4, -0.2) is 55.7 Å². The average Bonchev–Trinajstić information content (AvgIpc) is 3.45. The van der Waals surface area contributed by atoms with Crippen LogP contribution in [0.2, 0.25) is 0 Å². The van der Waals surface area contributed by atoms with Gasteiger partial charge in [-0.15, -0.1) is 0 Å². The van der Waals surface area contributed by atoms with Crippen LogP contribution >= 0.6 is 0 Å². The number of imide groups is 1. The molecule has 0 spiro atoms. The SMILES string of the molecule is CCCCCCCCCCCCCCCCCCOCC1OCC(COC(=O)N(Cc2cccc[n+]2CC)C(C)=O)O1.[I-]. The summed E-state index contributed by atoms with van der Waals surface area (Å²) in [6, 6.07) is 5.70. The predicted octanol–water partition coefficient (Wildman–Crippen LogP) is 4.50. The van der Waals surface area contributed by atoms with Crippen molar-refractivity contribution in [3.05, 3.63) is 30.1 Å². The van der Waals surface area contributed by atoms with Crippen LogP contribution in [0.5, 0.6) is 0 Å². The minimum Gasteiger partial charge on any atom is -1.00 e. The lowest BCUT2D eigenvalue weighted by Crippen LogP contribution is -3.00. The molecule has 2 amide bonds. The summed E-state index contributed by atoms with van der Waals surface area (Å²) < 4.78 is 24.6. The molecule has 2 atom stereocenters. The number of carbonyl (C=O) groups is 2. The quantitative estimate of drug-likeness (QED) is 0.0891. The Morgan fingerprint density at radius 2 is 1.44 bits per heavy atom. The fraction of sp³-hybridized carbons (Fsp3) is 0.794. The summed E-state index contributed by atoms with van der Waals surface area (Å²) in [6.45, 7) is 7.98. The van der Waals surface area contributed by atoms with Gasteiger partial charge in [0.05, 0.1) is 13.2 Å². The molecule has 0 N–H and O–H groups in total. The highest BCUT2D eigenvalue weighted by Crippen LogP contribution is 2.15. The number of unbranched alkanes of at least 4 members (excludes halogenated alkanes) is 15. The van der Waals surface area contributed by atoms with Gasteiger partial charge in [-0.3, -0.25) is 4.79 Å². The van der Waals surface area contributed by atoms with Gasteiger partial charge in [-0.2, -0.15) is 0 Å². The van der Waals surface area contributed by atoms with Crippen LogP contribution in [0, 0.1) is 0 Å². The van der Waals surface area contributed by atoms with Gasteiger partial charge in [-0.05, 0) is 13.3 Å². The summed E-state index contributed by atoms with van der Waals surface area (Å²) in [5.74, 6) is -0.365. The van der Waals surface area contributed by atoms with E-state index in [1.807, 2.05) is 35.9 Å². The van der Waals surface area contributed by atoms with Crippen LogP contribution in [-0.2, 0) is 36.8 Å². The van der Waals surface area contributed by atoms with Crippen molar-refractivity contribution in [2.45, 2.75) is 149 Å². The molecule has 0 saturated carbocycles. The first-order valence-electron chi connectivity index (χ1n) is 16.8. The summed E-state index contributed by atoms with van der Waals surface area (Å²) >= 11 is 0. The molecule has 1 aliphatic heterocycles. The number of nitrogens with zero attached hydrogens (tertiary/aromatic N) is 2. The highest BCUT2D eigenvalue weighted by molar-refractivity contribution is 5.90. The van der Waals surface area contributed by atoms with E-state index >= 15 is 0 Å². The standard InChI is InChI=1S/C34H59N2O6.HI/c1-4-6-7-8-9-10-11-12-13-14-15-16-17-18-19-22-25-39-29-33-40-27-32(42-33)28-41-34(38)36(30(3)37)26-31-23-20-21-24-35(31)5-2;/h20-21,23-24,32-33H,4-19,22,25-29H2,1-3H3;1H/q+1;/p-1. The van der Waals surface area contributed by atoms with Crippen LogP contribution in [0.15, 0.2) is 24.4 Å². The van der Waals surface area contributed by atoms with Crippen LogP contribution in [0.3, 0.4) is 0 Å². The number of hydrogen-bond acceptors (Lipinski definition) is 6.